The Morgan fingerprint density at radius 1 is 1.13 bits per heavy atom. The smallest absolute Gasteiger partial charge is 0.232 e. The van der Waals surface area contributed by atoms with E-state index < -0.39 is 10.0 Å². The fraction of sp³-hybridized carbons (Fsp3) is 0.118. The molecule has 6 heteroatoms. The molecule has 120 valence electrons. The highest BCUT2D eigenvalue weighted by atomic mass is 127. The molecule has 2 aromatic rings. The quantitative estimate of drug-likeness (QED) is 0.420. The van der Waals surface area contributed by atoms with Crippen LogP contribution in [-0.4, -0.2) is 20.0 Å². The minimum Gasteiger partial charge on any atom is -0.289 e. The van der Waals surface area contributed by atoms with Crippen LogP contribution >= 0.6 is 22.6 Å². The number of hydrogen-bond acceptors (Lipinski definition) is 3. The molecule has 2 aromatic carbocycles. The van der Waals surface area contributed by atoms with Crippen molar-refractivity contribution in [3.05, 3.63) is 69.3 Å². The van der Waals surface area contributed by atoms with Crippen LogP contribution in [-0.2, 0) is 10.0 Å². The van der Waals surface area contributed by atoms with Gasteiger partial charge in [0.1, 0.15) is 0 Å². The van der Waals surface area contributed by atoms with Gasteiger partial charge in [-0.25, -0.2) is 8.42 Å². The summed E-state index contributed by atoms with van der Waals surface area (Å²) in [6, 6.07) is 14.2. The topological polar surface area (TPSA) is 63.2 Å². The molecule has 0 aliphatic carbocycles. The van der Waals surface area contributed by atoms with Crippen molar-refractivity contribution in [3.8, 4) is 0 Å². The lowest BCUT2D eigenvalue weighted by atomic mass is 10.1. The number of ketones is 1. The van der Waals surface area contributed by atoms with E-state index in [4.69, 9.17) is 0 Å². The molecule has 0 heterocycles. The van der Waals surface area contributed by atoms with Gasteiger partial charge in [0.25, 0.3) is 0 Å². The summed E-state index contributed by atoms with van der Waals surface area (Å²) in [4.78, 5) is 12.2. The number of rotatable bonds is 6. The van der Waals surface area contributed by atoms with E-state index in [1.54, 1.807) is 37.3 Å². The number of benzene rings is 2. The van der Waals surface area contributed by atoms with Crippen LogP contribution in [0.25, 0.3) is 6.08 Å². The molecule has 4 nitrogen and oxygen atoms in total. The highest BCUT2D eigenvalue weighted by Crippen LogP contribution is 2.15. The van der Waals surface area contributed by atoms with Crippen molar-refractivity contribution in [2.24, 2.45) is 0 Å². The molecule has 2 rings (SSSR count). The SMILES string of the molecule is CCS(=O)(=O)Nc1ccc(C(=O)/C=C/c2ccccc2I)cc1. The molecular weight excluding hydrogens is 425 g/mol. The van der Waals surface area contributed by atoms with Gasteiger partial charge in [0.05, 0.1) is 5.75 Å². The van der Waals surface area contributed by atoms with Gasteiger partial charge in [0.2, 0.25) is 10.0 Å². The molecule has 1 N–H and O–H groups in total. The molecule has 0 unspecified atom stereocenters. The summed E-state index contributed by atoms with van der Waals surface area (Å²) in [6.07, 6.45) is 3.29. The number of nitrogens with one attached hydrogen (secondary N) is 1. The molecule has 0 aliphatic rings. The number of carbonyl (C=O) groups is 1. The van der Waals surface area contributed by atoms with Crippen LogP contribution in [0.3, 0.4) is 0 Å². The van der Waals surface area contributed by atoms with E-state index in [1.165, 1.54) is 6.08 Å². The average molecular weight is 441 g/mol. The predicted octanol–water partition coefficient (Wildman–Crippen LogP) is 3.95. The molecular formula is C17H16INO3S. The lowest BCUT2D eigenvalue weighted by molar-refractivity contribution is 0.104. The van der Waals surface area contributed by atoms with Gasteiger partial charge in [-0.15, -0.1) is 0 Å². The Kier molecular flexibility index (Phi) is 5.95. The van der Waals surface area contributed by atoms with E-state index in [1.807, 2.05) is 24.3 Å². The molecule has 0 fully saturated rings. The number of allylic oxidation sites excluding steroid dienone is 1. The molecule has 23 heavy (non-hydrogen) atoms. The van der Waals surface area contributed by atoms with Crippen LogP contribution < -0.4 is 4.72 Å². The first-order chi connectivity index (χ1) is 10.9. The summed E-state index contributed by atoms with van der Waals surface area (Å²) in [6.45, 7) is 1.57. The van der Waals surface area contributed by atoms with Crippen molar-refractivity contribution < 1.29 is 13.2 Å². The number of hydrogen-bond donors (Lipinski definition) is 1. The van der Waals surface area contributed by atoms with Gasteiger partial charge in [-0.3, -0.25) is 9.52 Å². The zero-order valence-electron chi connectivity index (χ0n) is 12.5. The van der Waals surface area contributed by atoms with Gasteiger partial charge in [0.15, 0.2) is 5.78 Å². The first-order valence-electron chi connectivity index (χ1n) is 6.99. The standard InChI is InChI=1S/C17H16INO3S/c1-2-23(21,22)19-15-10-7-14(8-11-15)17(20)12-9-13-5-3-4-6-16(13)18/h3-12,19H,2H2,1H3/b12-9+. The average Bonchev–Trinajstić information content (AvgIpc) is 2.54. The molecule has 0 saturated heterocycles. The largest absolute Gasteiger partial charge is 0.289 e. The Labute approximate surface area is 149 Å². The highest BCUT2D eigenvalue weighted by molar-refractivity contribution is 14.1. The number of sulfonamides is 1. The third-order valence-corrected chi connectivity index (χ3v) is 5.43. The molecule has 0 aromatic heterocycles. The maximum absolute atomic E-state index is 12.2. The maximum atomic E-state index is 12.2. The van der Waals surface area contributed by atoms with E-state index in [-0.39, 0.29) is 11.5 Å². The fourth-order valence-electron chi connectivity index (χ4n) is 1.83. The Bertz CT molecular complexity index is 827. The fourth-order valence-corrected chi connectivity index (χ4v) is 3.03. The lowest BCUT2D eigenvalue weighted by Crippen LogP contribution is -2.14. The minimum atomic E-state index is -3.31. The van der Waals surface area contributed by atoms with Crippen molar-refractivity contribution in [2.45, 2.75) is 6.92 Å². The number of carbonyl (C=O) groups excluding carboxylic acids is 1. The Hall–Kier alpha value is -1.67. The van der Waals surface area contributed by atoms with E-state index in [9.17, 15) is 13.2 Å². The van der Waals surface area contributed by atoms with Gasteiger partial charge in [-0.05, 0) is 71.5 Å². The molecule has 0 bridgehead atoms. The van der Waals surface area contributed by atoms with Crippen molar-refractivity contribution in [1.82, 2.24) is 0 Å². The maximum Gasteiger partial charge on any atom is 0.232 e. The zero-order chi connectivity index (χ0) is 16.9. The second-order valence-electron chi connectivity index (χ2n) is 4.80. The summed E-state index contributed by atoms with van der Waals surface area (Å²) in [7, 11) is -3.31. The molecule has 0 amide bonds. The van der Waals surface area contributed by atoms with E-state index >= 15 is 0 Å². The first kappa shape index (κ1) is 17.7. The van der Waals surface area contributed by atoms with Crippen molar-refractivity contribution >= 4 is 50.2 Å². The monoisotopic (exact) mass is 441 g/mol. The van der Waals surface area contributed by atoms with E-state index in [2.05, 4.69) is 27.3 Å². The summed E-state index contributed by atoms with van der Waals surface area (Å²) >= 11 is 2.21. The van der Waals surface area contributed by atoms with Crippen LogP contribution in [0.5, 0.6) is 0 Å². The van der Waals surface area contributed by atoms with Gasteiger partial charge in [-0.2, -0.15) is 0 Å². The number of halogens is 1. The summed E-state index contributed by atoms with van der Waals surface area (Å²) in [5.41, 5.74) is 1.94. The van der Waals surface area contributed by atoms with Crippen molar-refractivity contribution in [1.29, 1.82) is 0 Å². The molecule has 0 spiro atoms. The molecule has 0 saturated carbocycles. The first-order valence-corrected chi connectivity index (χ1v) is 9.72. The summed E-state index contributed by atoms with van der Waals surface area (Å²) in [5, 5.41) is 0. The lowest BCUT2D eigenvalue weighted by Gasteiger charge is -2.06. The van der Waals surface area contributed by atoms with Gasteiger partial charge in [-0.1, -0.05) is 24.3 Å². The summed E-state index contributed by atoms with van der Waals surface area (Å²) < 4.78 is 26.5. The second kappa shape index (κ2) is 7.74. The zero-order valence-corrected chi connectivity index (χ0v) is 15.5. The Morgan fingerprint density at radius 2 is 1.78 bits per heavy atom. The van der Waals surface area contributed by atoms with Gasteiger partial charge < -0.3 is 0 Å². The van der Waals surface area contributed by atoms with Gasteiger partial charge >= 0.3 is 0 Å². The van der Waals surface area contributed by atoms with Crippen LogP contribution in [0, 0.1) is 3.57 Å². The third kappa shape index (κ3) is 5.18. The Morgan fingerprint density at radius 3 is 2.39 bits per heavy atom. The summed E-state index contributed by atoms with van der Waals surface area (Å²) in [5.74, 6) is -0.124. The predicted molar refractivity (Wildman–Crippen MR) is 102 cm³/mol. The minimum absolute atomic E-state index is 0.00608. The van der Waals surface area contributed by atoms with Gasteiger partial charge in [0, 0.05) is 14.8 Å². The van der Waals surface area contributed by atoms with Crippen LogP contribution in [0.2, 0.25) is 0 Å². The van der Waals surface area contributed by atoms with Crippen molar-refractivity contribution in [2.75, 3.05) is 10.5 Å². The third-order valence-electron chi connectivity index (χ3n) is 3.14. The van der Waals surface area contributed by atoms with Crippen molar-refractivity contribution in [3.63, 3.8) is 0 Å². The van der Waals surface area contributed by atoms with E-state index in [0.29, 0.717) is 11.3 Å². The van der Waals surface area contributed by atoms with Crippen LogP contribution in [0.1, 0.15) is 22.8 Å². The second-order valence-corrected chi connectivity index (χ2v) is 7.98. The number of anilines is 1. The van der Waals surface area contributed by atoms with Crippen LogP contribution in [0.4, 0.5) is 5.69 Å². The highest BCUT2D eigenvalue weighted by Gasteiger charge is 2.07. The van der Waals surface area contributed by atoms with E-state index in [0.717, 1.165) is 9.13 Å². The Balaban J connectivity index is 2.10. The van der Waals surface area contributed by atoms with Crippen LogP contribution in [0.15, 0.2) is 54.6 Å². The normalized spacial score (nSPS) is 11.6. The molecule has 0 atom stereocenters. The molecule has 0 aliphatic heterocycles. The molecule has 0 radical (unpaired) electrons.